The van der Waals surface area contributed by atoms with Crippen LogP contribution in [0.25, 0.3) is 0 Å². The Morgan fingerprint density at radius 2 is 1.90 bits per heavy atom. The van der Waals surface area contributed by atoms with Crippen molar-refractivity contribution in [2.45, 2.75) is 26.1 Å². The van der Waals surface area contributed by atoms with Crippen LogP contribution in [-0.2, 0) is 4.74 Å². The van der Waals surface area contributed by atoms with Gasteiger partial charge in [0.25, 0.3) is 0 Å². The Morgan fingerprint density at radius 3 is 2.45 bits per heavy atom. The Morgan fingerprint density at radius 1 is 1.20 bits per heavy atom. The van der Waals surface area contributed by atoms with E-state index in [-0.39, 0.29) is 6.03 Å². The zero-order valence-electron chi connectivity index (χ0n) is 12.7. The van der Waals surface area contributed by atoms with E-state index in [1.165, 1.54) is 5.57 Å². The Bertz CT molecular complexity index is 451. The molecule has 0 unspecified atom stereocenters. The van der Waals surface area contributed by atoms with E-state index in [0.29, 0.717) is 32.8 Å². The van der Waals surface area contributed by atoms with Crippen LogP contribution in [0.1, 0.15) is 6.42 Å². The molecule has 2 rings (SSSR count). The fourth-order valence-corrected chi connectivity index (χ4v) is 2.71. The number of amides is 2. The van der Waals surface area contributed by atoms with Gasteiger partial charge in [-0.15, -0.1) is 5.54 Å². The van der Waals surface area contributed by atoms with Crippen LogP contribution in [-0.4, -0.2) is 63.3 Å². The van der Waals surface area contributed by atoms with Crippen molar-refractivity contribution in [2.24, 2.45) is 0 Å². The second-order valence-corrected chi connectivity index (χ2v) is 11.1. The molecule has 0 N–H and O–H groups in total. The Labute approximate surface area is 122 Å². The van der Waals surface area contributed by atoms with Gasteiger partial charge in [-0.1, -0.05) is 31.6 Å². The fourth-order valence-electron chi connectivity index (χ4n) is 2.18. The van der Waals surface area contributed by atoms with Crippen LogP contribution in [0.2, 0.25) is 19.6 Å². The first-order valence-corrected chi connectivity index (χ1v) is 10.8. The first kappa shape index (κ1) is 15.1. The van der Waals surface area contributed by atoms with Crippen molar-refractivity contribution >= 4 is 14.1 Å². The summed E-state index contributed by atoms with van der Waals surface area (Å²) in [4.78, 5) is 16.1. The molecule has 0 radical (unpaired) electrons. The molecule has 0 atom stereocenters. The van der Waals surface area contributed by atoms with E-state index >= 15 is 0 Å². The summed E-state index contributed by atoms with van der Waals surface area (Å²) in [6.07, 6.45) is 2.99. The average Bonchev–Trinajstić information content (AvgIpc) is 2.45. The molecule has 2 aliphatic rings. The van der Waals surface area contributed by atoms with Crippen molar-refractivity contribution < 1.29 is 9.53 Å². The van der Waals surface area contributed by atoms with Crippen LogP contribution in [0.4, 0.5) is 4.79 Å². The maximum atomic E-state index is 12.3. The molecule has 1 fully saturated rings. The molecule has 0 spiro atoms. The highest BCUT2D eigenvalue weighted by Gasteiger charge is 2.23. The summed E-state index contributed by atoms with van der Waals surface area (Å²) in [5, 5.41) is 0. The van der Waals surface area contributed by atoms with E-state index in [2.05, 4.69) is 37.2 Å². The van der Waals surface area contributed by atoms with Crippen LogP contribution >= 0.6 is 0 Å². The standard InChI is InChI=1S/C15H24N2O2Si/c1-20(2,3)13-6-14-4-7-16(8-5-14)15(18)17-9-11-19-12-10-17/h4H,5,7-12H2,1-3H3. The van der Waals surface area contributed by atoms with E-state index in [0.717, 1.165) is 13.0 Å². The Kier molecular flexibility index (Phi) is 4.89. The summed E-state index contributed by atoms with van der Waals surface area (Å²) >= 11 is 0. The van der Waals surface area contributed by atoms with Crippen molar-refractivity contribution in [2.75, 3.05) is 39.4 Å². The summed E-state index contributed by atoms with van der Waals surface area (Å²) in [5.74, 6) is 3.30. The minimum absolute atomic E-state index is 0.141. The Balaban J connectivity index is 1.90. The lowest BCUT2D eigenvalue weighted by atomic mass is 10.1. The maximum Gasteiger partial charge on any atom is 0.320 e. The van der Waals surface area contributed by atoms with Gasteiger partial charge >= 0.3 is 6.03 Å². The molecule has 110 valence electrons. The zero-order chi connectivity index (χ0) is 14.6. The van der Waals surface area contributed by atoms with Gasteiger partial charge < -0.3 is 14.5 Å². The predicted molar refractivity (Wildman–Crippen MR) is 83.2 cm³/mol. The fraction of sp³-hybridized carbons (Fsp3) is 0.667. The molecule has 0 aromatic carbocycles. The molecule has 20 heavy (non-hydrogen) atoms. The van der Waals surface area contributed by atoms with E-state index in [1.807, 2.05) is 9.80 Å². The van der Waals surface area contributed by atoms with Crippen LogP contribution in [0.3, 0.4) is 0 Å². The molecule has 0 aliphatic carbocycles. The molecule has 4 nitrogen and oxygen atoms in total. The van der Waals surface area contributed by atoms with Crippen molar-refractivity contribution in [3.63, 3.8) is 0 Å². The summed E-state index contributed by atoms with van der Waals surface area (Å²) < 4.78 is 5.28. The van der Waals surface area contributed by atoms with Crippen LogP contribution in [0.5, 0.6) is 0 Å². The topological polar surface area (TPSA) is 32.8 Å². The van der Waals surface area contributed by atoms with Gasteiger partial charge in [0, 0.05) is 31.8 Å². The van der Waals surface area contributed by atoms with E-state index in [9.17, 15) is 4.79 Å². The highest BCUT2D eigenvalue weighted by Crippen LogP contribution is 2.13. The lowest BCUT2D eigenvalue weighted by Gasteiger charge is -2.34. The van der Waals surface area contributed by atoms with E-state index < -0.39 is 8.07 Å². The molecule has 0 aromatic rings. The number of rotatable bonds is 0. The zero-order valence-corrected chi connectivity index (χ0v) is 13.7. The third-order valence-electron chi connectivity index (χ3n) is 3.36. The van der Waals surface area contributed by atoms with Crippen LogP contribution in [0, 0.1) is 11.5 Å². The van der Waals surface area contributed by atoms with Crippen molar-refractivity contribution in [1.29, 1.82) is 0 Å². The molecule has 5 heteroatoms. The average molecular weight is 292 g/mol. The van der Waals surface area contributed by atoms with Gasteiger partial charge in [-0.2, -0.15) is 0 Å². The first-order valence-electron chi connectivity index (χ1n) is 7.29. The number of morpholine rings is 1. The van der Waals surface area contributed by atoms with Gasteiger partial charge in [-0.25, -0.2) is 4.79 Å². The first-order chi connectivity index (χ1) is 9.46. The van der Waals surface area contributed by atoms with Crippen molar-refractivity contribution in [1.82, 2.24) is 9.80 Å². The molecule has 0 saturated carbocycles. The Hall–Kier alpha value is -1.25. The third kappa shape index (κ3) is 4.39. The molecule has 2 heterocycles. The second kappa shape index (κ2) is 6.46. The molecule has 0 bridgehead atoms. The number of urea groups is 1. The number of carbonyl (C=O) groups excluding carboxylic acids is 1. The quantitative estimate of drug-likeness (QED) is 0.505. The van der Waals surface area contributed by atoms with Gasteiger partial charge in [0.1, 0.15) is 8.07 Å². The lowest BCUT2D eigenvalue weighted by molar-refractivity contribution is 0.0440. The monoisotopic (exact) mass is 292 g/mol. The van der Waals surface area contributed by atoms with E-state index in [4.69, 9.17) is 4.74 Å². The van der Waals surface area contributed by atoms with Crippen molar-refractivity contribution in [3.8, 4) is 11.5 Å². The highest BCUT2D eigenvalue weighted by atomic mass is 28.3. The van der Waals surface area contributed by atoms with Gasteiger partial charge in [0.05, 0.1) is 13.2 Å². The summed E-state index contributed by atoms with van der Waals surface area (Å²) in [6.45, 7) is 10.9. The molecule has 1 saturated heterocycles. The molecular weight excluding hydrogens is 268 g/mol. The number of carbonyl (C=O) groups is 1. The van der Waals surface area contributed by atoms with Crippen LogP contribution in [0.15, 0.2) is 11.6 Å². The minimum atomic E-state index is -1.31. The number of ether oxygens (including phenoxy) is 1. The number of hydrogen-bond donors (Lipinski definition) is 0. The van der Waals surface area contributed by atoms with Crippen LogP contribution < -0.4 is 0 Å². The normalized spacial score (nSPS) is 20.1. The second-order valence-electron chi connectivity index (χ2n) is 6.31. The summed E-state index contributed by atoms with van der Waals surface area (Å²) in [7, 11) is -1.31. The SMILES string of the molecule is C[Si](C)(C)C#CC1=CCN(C(=O)N2CCOCC2)CC1. The van der Waals surface area contributed by atoms with Gasteiger partial charge in [0.2, 0.25) is 0 Å². The predicted octanol–water partition coefficient (Wildman–Crippen LogP) is 1.95. The minimum Gasteiger partial charge on any atom is -0.378 e. The van der Waals surface area contributed by atoms with Crippen molar-refractivity contribution in [3.05, 3.63) is 11.6 Å². The smallest absolute Gasteiger partial charge is 0.320 e. The number of nitrogens with zero attached hydrogens (tertiary/aromatic N) is 2. The maximum absolute atomic E-state index is 12.3. The molecule has 2 amide bonds. The molecule has 0 aromatic heterocycles. The highest BCUT2D eigenvalue weighted by molar-refractivity contribution is 6.83. The summed E-state index contributed by atoms with van der Waals surface area (Å²) in [6, 6.07) is 0.141. The van der Waals surface area contributed by atoms with Gasteiger partial charge in [0.15, 0.2) is 0 Å². The van der Waals surface area contributed by atoms with Gasteiger partial charge in [-0.3, -0.25) is 0 Å². The lowest BCUT2D eigenvalue weighted by Crippen LogP contribution is -2.49. The third-order valence-corrected chi connectivity index (χ3v) is 4.23. The molecule has 2 aliphatic heterocycles. The summed E-state index contributed by atoms with van der Waals surface area (Å²) in [5.41, 5.74) is 4.58. The van der Waals surface area contributed by atoms with Gasteiger partial charge in [-0.05, 0) is 6.42 Å². The van der Waals surface area contributed by atoms with E-state index in [1.54, 1.807) is 0 Å². The largest absolute Gasteiger partial charge is 0.378 e. The number of hydrogen-bond acceptors (Lipinski definition) is 2. The molecular formula is C15H24N2O2Si.